The number of carbonyl (C=O) groups excluding carboxylic acids is 4. The molecule has 0 unspecified atom stereocenters. The lowest BCUT2D eigenvalue weighted by molar-refractivity contribution is -0.145. The second-order valence-electron chi connectivity index (χ2n) is 16.3. The zero-order valence-corrected chi connectivity index (χ0v) is 33.6. The first-order valence-corrected chi connectivity index (χ1v) is 21.1. The van der Waals surface area contributed by atoms with Gasteiger partial charge in [0.05, 0.1) is 17.8 Å². The van der Waals surface area contributed by atoms with Crippen molar-refractivity contribution < 1.29 is 38.6 Å². The summed E-state index contributed by atoms with van der Waals surface area (Å²) in [5, 5.41) is 21.8. The predicted molar refractivity (Wildman–Crippen MR) is 215 cm³/mol. The number of nitrogens with one attached hydrogen (secondary N) is 3. The Morgan fingerprint density at radius 3 is 2.61 bits per heavy atom. The fourth-order valence-corrected chi connectivity index (χ4v) is 8.96. The van der Waals surface area contributed by atoms with Crippen molar-refractivity contribution in [2.24, 2.45) is 11.8 Å². The molecule has 3 fully saturated rings. The maximum atomic E-state index is 14.6. The van der Waals surface area contributed by atoms with Crippen molar-refractivity contribution >= 4 is 57.2 Å². The first-order valence-electron chi connectivity index (χ1n) is 20.2. The van der Waals surface area contributed by atoms with Gasteiger partial charge in [-0.15, -0.1) is 11.3 Å². The molecule has 2 aliphatic carbocycles. The van der Waals surface area contributed by atoms with Gasteiger partial charge in [-0.2, -0.15) is 0 Å². The minimum Gasteiger partial charge on any atom is -0.488 e. The molecular formula is C42H52N6O8S. The van der Waals surface area contributed by atoms with Crippen LogP contribution in [0.5, 0.6) is 5.75 Å². The third-order valence-corrected chi connectivity index (χ3v) is 12.2. The van der Waals surface area contributed by atoms with Crippen LogP contribution < -0.4 is 20.7 Å². The standard InChI is InChI=1S/C42H52N6O8S/c1-24(2)18-35(49)46-40-44-32(23-57-40)31-20-34(29-16-11-12-25(3)36(29)43-31)55-28-19-33-37(50)47-42(39(52)53)21-26(42)13-7-5-4-6-8-17-30(38(51)48(33)22-28)45-41(54)56-27-14-9-10-15-27/h7,11-13,16,20,23-24,26-28,30,33H,4-6,8-10,14-15,17-19,21-22H2,1-3H3,(H,45,54)(H,47,50)(H,52,53)(H,44,46,49)/b13-7-/t26-,28+,30+,33-,42+/m0/s1. The van der Waals surface area contributed by atoms with Gasteiger partial charge in [-0.3, -0.25) is 14.4 Å². The molecule has 0 radical (unpaired) electrons. The number of amides is 4. The molecule has 14 nitrogen and oxygen atoms in total. The number of fused-ring (bicyclic) bond motifs is 3. The van der Waals surface area contributed by atoms with Crippen LogP contribution in [-0.2, 0) is 23.9 Å². The van der Waals surface area contributed by atoms with Gasteiger partial charge in [0.1, 0.15) is 41.3 Å². The second kappa shape index (κ2) is 17.2. The lowest BCUT2D eigenvalue weighted by Gasteiger charge is -2.29. The van der Waals surface area contributed by atoms with E-state index in [0.29, 0.717) is 47.0 Å². The fraction of sp³-hybridized carbons (Fsp3) is 0.548. The van der Waals surface area contributed by atoms with Crippen LogP contribution in [0.1, 0.15) is 96.5 Å². The number of pyridine rings is 1. The van der Waals surface area contributed by atoms with E-state index in [1.165, 1.54) is 16.2 Å². The van der Waals surface area contributed by atoms with E-state index in [1.54, 1.807) is 6.07 Å². The Morgan fingerprint density at radius 1 is 1.05 bits per heavy atom. The quantitative estimate of drug-likeness (QED) is 0.174. The van der Waals surface area contributed by atoms with Crippen LogP contribution in [0.4, 0.5) is 9.93 Å². The van der Waals surface area contributed by atoms with E-state index in [1.807, 2.05) is 56.5 Å². The normalized spacial score (nSPS) is 26.1. The van der Waals surface area contributed by atoms with Gasteiger partial charge in [-0.25, -0.2) is 19.6 Å². The third kappa shape index (κ3) is 9.24. The number of ether oxygens (including phenoxy) is 2. The maximum absolute atomic E-state index is 14.6. The van der Waals surface area contributed by atoms with Gasteiger partial charge in [-0.1, -0.05) is 51.0 Å². The molecule has 5 atom stereocenters. The number of hydrogen-bond acceptors (Lipinski definition) is 10. The van der Waals surface area contributed by atoms with Gasteiger partial charge in [-0.05, 0) is 75.8 Å². The highest BCUT2D eigenvalue weighted by atomic mass is 32.1. The van der Waals surface area contributed by atoms with Crippen LogP contribution in [0.3, 0.4) is 0 Å². The summed E-state index contributed by atoms with van der Waals surface area (Å²) in [6.07, 6.45) is 9.94. The Kier molecular flexibility index (Phi) is 12.1. The highest BCUT2D eigenvalue weighted by Crippen LogP contribution is 2.45. The number of carboxylic acids is 1. The number of nitrogens with zero attached hydrogens (tertiary/aromatic N) is 3. The summed E-state index contributed by atoms with van der Waals surface area (Å²) >= 11 is 1.30. The van der Waals surface area contributed by atoms with Crippen molar-refractivity contribution in [2.75, 3.05) is 11.9 Å². The number of hydrogen-bond donors (Lipinski definition) is 4. The summed E-state index contributed by atoms with van der Waals surface area (Å²) in [5.41, 5.74) is 1.20. The number of para-hydroxylation sites is 1. The minimum absolute atomic E-state index is 0.0177. The molecule has 0 spiro atoms. The number of carboxylic acid groups (broad SMARTS) is 1. The monoisotopic (exact) mass is 800 g/mol. The van der Waals surface area contributed by atoms with E-state index >= 15 is 0 Å². The Balaban J connectivity index is 1.18. The van der Waals surface area contributed by atoms with E-state index in [0.717, 1.165) is 55.9 Å². The number of rotatable bonds is 9. The molecule has 4 N–H and O–H groups in total. The molecule has 1 aromatic carbocycles. The Labute approximate surface area is 336 Å². The summed E-state index contributed by atoms with van der Waals surface area (Å²) in [6, 6.07) is 5.51. The number of anilines is 1. The van der Waals surface area contributed by atoms with Gasteiger partial charge in [0.2, 0.25) is 17.7 Å². The van der Waals surface area contributed by atoms with Crippen molar-refractivity contribution in [1.29, 1.82) is 0 Å². The molecule has 7 rings (SSSR count). The average molecular weight is 801 g/mol. The number of benzene rings is 1. The number of carbonyl (C=O) groups is 5. The molecular weight excluding hydrogens is 749 g/mol. The summed E-state index contributed by atoms with van der Waals surface area (Å²) in [7, 11) is 0. The lowest BCUT2D eigenvalue weighted by Crippen LogP contribution is -2.56. The summed E-state index contributed by atoms with van der Waals surface area (Å²) in [4.78, 5) is 78.0. The summed E-state index contributed by atoms with van der Waals surface area (Å²) < 4.78 is 12.4. The number of allylic oxidation sites excluding steroid dienone is 1. The predicted octanol–water partition coefficient (Wildman–Crippen LogP) is 6.52. The van der Waals surface area contributed by atoms with E-state index < -0.39 is 47.6 Å². The first-order chi connectivity index (χ1) is 27.4. The maximum Gasteiger partial charge on any atom is 0.408 e. The third-order valence-electron chi connectivity index (χ3n) is 11.4. The van der Waals surface area contributed by atoms with Gasteiger partial charge >= 0.3 is 12.1 Å². The van der Waals surface area contributed by atoms with Crippen LogP contribution in [0.15, 0.2) is 41.8 Å². The average Bonchev–Trinajstić information content (AvgIpc) is 3.59. The second-order valence-corrected chi connectivity index (χ2v) is 17.2. The first kappa shape index (κ1) is 40.2. The van der Waals surface area contributed by atoms with Crippen LogP contribution >= 0.6 is 11.3 Å². The molecule has 4 amide bonds. The van der Waals surface area contributed by atoms with Gasteiger partial charge < -0.3 is 35.4 Å². The molecule has 4 aliphatic rings. The number of thiazole rings is 1. The molecule has 2 saturated carbocycles. The number of aliphatic carboxylic acids is 1. The summed E-state index contributed by atoms with van der Waals surface area (Å²) in [5.74, 6) is -1.96. The van der Waals surface area contributed by atoms with E-state index in [4.69, 9.17) is 14.5 Å². The van der Waals surface area contributed by atoms with Crippen LogP contribution in [0, 0.1) is 18.8 Å². The van der Waals surface area contributed by atoms with Crippen LogP contribution in [-0.4, -0.2) is 86.1 Å². The lowest BCUT2D eigenvalue weighted by atomic mass is 10.0. The molecule has 2 aliphatic heterocycles. The molecule has 57 heavy (non-hydrogen) atoms. The molecule has 304 valence electrons. The zero-order chi connectivity index (χ0) is 40.3. The van der Waals surface area contributed by atoms with Crippen molar-refractivity contribution in [1.82, 2.24) is 25.5 Å². The number of alkyl carbamates (subject to hydrolysis) is 1. The smallest absolute Gasteiger partial charge is 0.408 e. The fourth-order valence-electron chi connectivity index (χ4n) is 8.24. The van der Waals surface area contributed by atoms with Crippen molar-refractivity contribution in [3.8, 4) is 17.1 Å². The molecule has 1 saturated heterocycles. The molecule has 0 bridgehead atoms. The van der Waals surface area contributed by atoms with E-state index in [9.17, 15) is 29.1 Å². The van der Waals surface area contributed by atoms with Crippen molar-refractivity contribution in [2.45, 2.75) is 128 Å². The van der Waals surface area contributed by atoms with Gasteiger partial charge in [0, 0.05) is 35.6 Å². The Morgan fingerprint density at radius 2 is 1.84 bits per heavy atom. The Hall–Kier alpha value is -5.05. The van der Waals surface area contributed by atoms with Crippen LogP contribution in [0.2, 0.25) is 0 Å². The van der Waals surface area contributed by atoms with Crippen LogP contribution in [0.25, 0.3) is 22.3 Å². The SMILES string of the molecule is Cc1cccc2c(O[C@@H]3C[C@H]4C(=O)N[C@]5(C(=O)O)C[C@@H]5/C=C\CCCCC[C@@H](NC(=O)OC5CCCC5)C(=O)N4C3)cc(-c3csc(NC(=O)CC(C)C)n3)nc12. The van der Waals surface area contributed by atoms with Crippen molar-refractivity contribution in [3.05, 3.63) is 47.4 Å². The summed E-state index contributed by atoms with van der Waals surface area (Å²) in [6.45, 7) is 5.91. The number of aromatic nitrogens is 2. The molecule has 4 heterocycles. The van der Waals surface area contributed by atoms with Gasteiger partial charge in [0.15, 0.2) is 5.13 Å². The van der Waals surface area contributed by atoms with Crippen molar-refractivity contribution in [3.63, 3.8) is 0 Å². The molecule has 2 aromatic heterocycles. The van der Waals surface area contributed by atoms with Gasteiger partial charge in [0.25, 0.3) is 0 Å². The van der Waals surface area contributed by atoms with E-state index in [2.05, 4.69) is 20.9 Å². The molecule has 3 aromatic rings. The topological polar surface area (TPSA) is 189 Å². The largest absolute Gasteiger partial charge is 0.488 e. The minimum atomic E-state index is -1.46. The number of aryl methyl sites for hydroxylation is 1. The molecule has 15 heteroatoms. The Bertz CT molecular complexity index is 2040. The highest BCUT2D eigenvalue weighted by Gasteiger charge is 2.61. The highest BCUT2D eigenvalue weighted by molar-refractivity contribution is 7.14. The van der Waals surface area contributed by atoms with E-state index in [-0.39, 0.29) is 43.2 Å². The zero-order valence-electron chi connectivity index (χ0n) is 32.8.